The summed E-state index contributed by atoms with van der Waals surface area (Å²) < 4.78 is 12.9. The molecule has 0 saturated heterocycles. The summed E-state index contributed by atoms with van der Waals surface area (Å²) in [4.78, 5) is 0. The summed E-state index contributed by atoms with van der Waals surface area (Å²) in [5.74, 6) is -0.268. The Morgan fingerprint density at radius 2 is 1.50 bits per heavy atom. The Hall–Kier alpha value is -0.930. The van der Waals surface area contributed by atoms with E-state index >= 15 is 0 Å². The molecule has 1 aromatic carbocycles. The van der Waals surface area contributed by atoms with Crippen molar-refractivity contribution in [3.63, 3.8) is 0 Å². The zero-order chi connectivity index (χ0) is 13.0. The molecule has 2 rings (SSSR count). The molecular formula is C15H22FNO. The fourth-order valence-corrected chi connectivity index (χ4v) is 2.81. The maximum Gasteiger partial charge on any atom is 0.123 e. The number of benzene rings is 1. The summed E-state index contributed by atoms with van der Waals surface area (Å²) in [5.41, 5.74) is 6.19. The molecule has 1 fully saturated rings. The van der Waals surface area contributed by atoms with E-state index in [-0.39, 0.29) is 5.82 Å². The van der Waals surface area contributed by atoms with Crippen molar-refractivity contribution in [1.29, 1.82) is 0 Å². The lowest BCUT2D eigenvalue weighted by Crippen LogP contribution is -2.41. The summed E-state index contributed by atoms with van der Waals surface area (Å²) in [7, 11) is 0. The number of rotatable bonds is 2. The van der Waals surface area contributed by atoms with Gasteiger partial charge in [-0.1, -0.05) is 44.2 Å². The molecule has 0 amide bonds. The van der Waals surface area contributed by atoms with Gasteiger partial charge < -0.3 is 10.8 Å². The van der Waals surface area contributed by atoms with E-state index in [0.717, 1.165) is 31.2 Å². The molecular weight excluding hydrogens is 229 g/mol. The number of hydrogen-bond acceptors (Lipinski definition) is 2. The average Bonchev–Trinajstić information content (AvgIpc) is 2.34. The topological polar surface area (TPSA) is 46.2 Å². The van der Waals surface area contributed by atoms with Gasteiger partial charge in [-0.25, -0.2) is 4.39 Å². The van der Waals surface area contributed by atoms with Crippen LogP contribution in [0.2, 0.25) is 0 Å². The molecule has 3 N–H and O–H groups in total. The van der Waals surface area contributed by atoms with Gasteiger partial charge in [0.05, 0.1) is 11.6 Å². The van der Waals surface area contributed by atoms with Gasteiger partial charge in [0, 0.05) is 0 Å². The van der Waals surface area contributed by atoms with Crippen molar-refractivity contribution < 1.29 is 9.50 Å². The minimum absolute atomic E-state index is 0.268. The highest BCUT2D eigenvalue weighted by Crippen LogP contribution is 2.35. The maximum atomic E-state index is 12.9. The lowest BCUT2D eigenvalue weighted by Gasteiger charge is -2.35. The predicted octanol–water partition coefficient (Wildman–Crippen LogP) is 3.30. The van der Waals surface area contributed by atoms with Gasteiger partial charge >= 0.3 is 0 Å². The van der Waals surface area contributed by atoms with Gasteiger partial charge in [0.1, 0.15) is 5.82 Å². The zero-order valence-corrected chi connectivity index (χ0v) is 10.7. The summed E-state index contributed by atoms with van der Waals surface area (Å²) >= 11 is 0. The highest BCUT2D eigenvalue weighted by Gasteiger charge is 2.34. The first-order valence-corrected chi connectivity index (χ1v) is 6.85. The van der Waals surface area contributed by atoms with E-state index in [1.807, 2.05) is 0 Å². The van der Waals surface area contributed by atoms with Crippen molar-refractivity contribution in [2.24, 2.45) is 5.73 Å². The summed E-state index contributed by atoms with van der Waals surface area (Å²) in [6.45, 7) is 0. The highest BCUT2D eigenvalue weighted by molar-refractivity contribution is 5.22. The first-order valence-electron chi connectivity index (χ1n) is 6.85. The minimum Gasteiger partial charge on any atom is -0.388 e. The first-order chi connectivity index (χ1) is 8.62. The molecule has 1 aromatic rings. The molecule has 1 atom stereocenters. The second-order valence-corrected chi connectivity index (χ2v) is 5.40. The molecule has 1 aliphatic rings. The van der Waals surface area contributed by atoms with E-state index in [1.165, 1.54) is 31.4 Å². The fraction of sp³-hybridized carbons (Fsp3) is 0.600. The van der Waals surface area contributed by atoms with Gasteiger partial charge in [-0.3, -0.25) is 0 Å². The Kier molecular flexibility index (Phi) is 4.36. The predicted molar refractivity (Wildman–Crippen MR) is 70.6 cm³/mol. The van der Waals surface area contributed by atoms with Crippen LogP contribution in [0.25, 0.3) is 0 Å². The van der Waals surface area contributed by atoms with E-state index in [9.17, 15) is 9.50 Å². The van der Waals surface area contributed by atoms with E-state index in [1.54, 1.807) is 12.1 Å². The number of hydrogen-bond donors (Lipinski definition) is 2. The standard InChI is InChI=1S/C15H22FNO/c16-13-8-6-12(7-9-13)14(17)15(18)10-4-2-1-3-5-11-15/h6-9,14,18H,1-5,10-11,17H2. The van der Waals surface area contributed by atoms with Gasteiger partial charge in [-0.2, -0.15) is 0 Å². The summed E-state index contributed by atoms with van der Waals surface area (Å²) in [5, 5.41) is 10.7. The van der Waals surface area contributed by atoms with Crippen LogP contribution in [-0.2, 0) is 0 Å². The third-order valence-corrected chi connectivity index (χ3v) is 4.03. The quantitative estimate of drug-likeness (QED) is 0.847. The normalized spacial score (nSPS) is 21.9. The first kappa shape index (κ1) is 13.5. The van der Waals surface area contributed by atoms with E-state index in [0.29, 0.717) is 0 Å². The molecule has 0 heterocycles. The van der Waals surface area contributed by atoms with Crippen LogP contribution in [0.1, 0.15) is 56.6 Å². The number of aliphatic hydroxyl groups is 1. The van der Waals surface area contributed by atoms with Crippen molar-refractivity contribution in [3.05, 3.63) is 35.6 Å². The third-order valence-electron chi connectivity index (χ3n) is 4.03. The van der Waals surface area contributed by atoms with Gasteiger partial charge in [-0.05, 0) is 30.5 Å². The minimum atomic E-state index is -0.835. The molecule has 3 heteroatoms. The van der Waals surface area contributed by atoms with Gasteiger partial charge in [-0.15, -0.1) is 0 Å². The second-order valence-electron chi connectivity index (χ2n) is 5.40. The van der Waals surface area contributed by atoms with Gasteiger partial charge in [0.25, 0.3) is 0 Å². The molecule has 1 unspecified atom stereocenters. The van der Waals surface area contributed by atoms with Crippen LogP contribution in [0.3, 0.4) is 0 Å². The van der Waals surface area contributed by atoms with Crippen LogP contribution in [0.15, 0.2) is 24.3 Å². The van der Waals surface area contributed by atoms with Gasteiger partial charge in [0.15, 0.2) is 0 Å². The second kappa shape index (κ2) is 5.81. The van der Waals surface area contributed by atoms with Crippen molar-refractivity contribution in [3.8, 4) is 0 Å². The maximum absolute atomic E-state index is 12.9. The lowest BCUT2D eigenvalue weighted by molar-refractivity contribution is -0.0110. The number of halogens is 1. The fourth-order valence-electron chi connectivity index (χ4n) is 2.81. The van der Waals surface area contributed by atoms with E-state index < -0.39 is 11.6 Å². The largest absolute Gasteiger partial charge is 0.388 e. The van der Waals surface area contributed by atoms with Crippen LogP contribution >= 0.6 is 0 Å². The summed E-state index contributed by atoms with van der Waals surface area (Å²) in [6, 6.07) is 5.74. The van der Waals surface area contributed by atoms with Crippen molar-refractivity contribution >= 4 is 0 Å². The molecule has 100 valence electrons. The van der Waals surface area contributed by atoms with E-state index in [4.69, 9.17) is 5.73 Å². The molecule has 0 aromatic heterocycles. The lowest BCUT2D eigenvalue weighted by atomic mass is 9.79. The molecule has 1 saturated carbocycles. The van der Waals surface area contributed by atoms with Crippen LogP contribution in [0, 0.1) is 5.82 Å². The molecule has 1 aliphatic carbocycles. The van der Waals surface area contributed by atoms with Crippen molar-refractivity contribution in [2.45, 2.75) is 56.6 Å². The molecule has 0 spiro atoms. The number of nitrogens with two attached hydrogens (primary N) is 1. The zero-order valence-electron chi connectivity index (χ0n) is 10.7. The average molecular weight is 251 g/mol. The van der Waals surface area contributed by atoms with Crippen LogP contribution in [0.4, 0.5) is 4.39 Å². The third kappa shape index (κ3) is 3.09. The molecule has 18 heavy (non-hydrogen) atoms. The summed E-state index contributed by atoms with van der Waals surface area (Å²) in [6.07, 6.45) is 7.10. The monoisotopic (exact) mass is 251 g/mol. The molecule has 2 nitrogen and oxygen atoms in total. The van der Waals surface area contributed by atoms with Crippen molar-refractivity contribution in [1.82, 2.24) is 0 Å². The Labute approximate surface area is 108 Å². The van der Waals surface area contributed by atoms with E-state index in [2.05, 4.69) is 0 Å². The van der Waals surface area contributed by atoms with Crippen LogP contribution in [0.5, 0.6) is 0 Å². The Morgan fingerprint density at radius 3 is 2.06 bits per heavy atom. The van der Waals surface area contributed by atoms with Crippen molar-refractivity contribution in [2.75, 3.05) is 0 Å². The smallest absolute Gasteiger partial charge is 0.123 e. The molecule has 0 bridgehead atoms. The molecule has 0 aliphatic heterocycles. The van der Waals surface area contributed by atoms with Crippen LogP contribution < -0.4 is 5.73 Å². The Morgan fingerprint density at radius 1 is 1.00 bits per heavy atom. The Bertz CT molecular complexity index is 369. The highest BCUT2D eigenvalue weighted by atomic mass is 19.1. The molecule has 0 radical (unpaired) electrons. The SMILES string of the molecule is NC(c1ccc(F)cc1)C1(O)CCCCCCC1. The Balaban J connectivity index is 2.13. The van der Waals surface area contributed by atoms with Gasteiger partial charge in [0.2, 0.25) is 0 Å². The van der Waals surface area contributed by atoms with Crippen LogP contribution in [-0.4, -0.2) is 10.7 Å².